The summed E-state index contributed by atoms with van der Waals surface area (Å²) in [6, 6.07) is 3.65. The molecule has 0 radical (unpaired) electrons. The van der Waals surface area contributed by atoms with Gasteiger partial charge in [0.05, 0.1) is 10.0 Å². The van der Waals surface area contributed by atoms with Crippen molar-refractivity contribution in [2.24, 2.45) is 0 Å². The molecule has 0 saturated carbocycles. The average molecular weight is 382 g/mol. The quantitative estimate of drug-likeness (QED) is 0.847. The number of carbonyl (C=O) groups is 3. The Hall–Kier alpha value is -1.79. The van der Waals surface area contributed by atoms with Gasteiger partial charge in [-0.1, -0.05) is 23.2 Å². The Kier molecular flexibility index (Phi) is 4.12. The molecule has 3 atom stereocenters. The zero-order valence-electron chi connectivity index (χ0n) is 13.4. The van der Waals surface area contributed by atoms with Gasteiger partial charge in [0.15, 0.2) is 0 Å². The van der Waals surface area contributed by atoms with Crippen molar-refractivity contribution in [3.63, 3.8) is 0 Å². The van der Waals surface area contributed by atoms with Gasteiger partial charge in [-0.2, -0.15) is 0 Å². The van der Waals surface area contributed by atoms with Gasteiger partial charge in [0, 0.05) is 24.7 Å². The minimum Gasteiger partial charge on any atom is -0.347 e. The van der Waals surface area contributed by atoms with Crippen molar-refractivity contribution in [3.05, 3.63) is 33.8 Å². The molecule has 3 aliphatic rings. The van der Waals surface area contributed by atoms with Crippen LogP contribution < -0.4 is 5.32 Å². The number of fused-ring (bicyclic) bond motifs is 2. The van der Waals surface area contributed by atoms with E-state index in [1.165, 1.54) is 6.07 Å². The Labute approximate surface area is 155 Å². The van der Waals surface area contributed by atoms with Gasteiger partial charge in [-0.15, -0.1) is 0 Å². The van der Waals surface area contributed by atoms with Gasteiger partial charge in [-0.25, -0.2) is 0 Å². The largest absolute Gasteiger partial charge is 0.347 e. The summed E-state index contributed by atoms with van der Waals surface area (Å²) in [5, 5.41) is 3.59. The molecule has 3 saturated heterocycles. The monoisotopic (exact) mass is 381 g/mol. The van der Waals surface area contributed by atoms with Crippen LogP contribution in [0.25, 0.3) is 0 Å². The molecule has 3 amide bonds. The number of hydrogen-bond acceptors (Lipinski definition) is 3. The van der Waals surface area contributed by atoms with Gasteiger partial charge in [0.1, 0.15) is 12.1 Å². The molecule has 3 fully saturated rings. The van der Waals surface area contributed by atoms with Crippen LogP contribution in [0.2, 0.25) is 10.0 Å². The maximum atomic E-state index is 12.6. The Morgan fingerprint density at radius 3 is 2.60 bits per heavy atom. The zero-order valence-corrected chi connectivity index (χ0v) is 14.9. The minimum absolute atomic E-state index is 0.00777. The highest BCUT2D eigenvalue weighted by Crippen LogP contribution is 2.32. The van der Waals surface area contributed by atoms with Crippen LogP contribution in [0, 0.1) is 0 Å². The normalized spacial score (nSPS) is 28.2. The van der Waals surface area contributed by atoms with Gasteiger partial charge >= 0.3 is 0 Å². The fourth-order valence-corrected chi connectivity index (χ4v) is 4.29. The summed E-state index contributed by atoms with van der Waals surface area (Å²) < 4.78 is 0. The molecule has 4 rings (SSSR count). The van der Waals surface area contributed by atoms with E-state index in [0.29, 0.717) is 35.1 Å². The first kappa shape index (κ1) is 16.7. The maximum absolute atomic E-state index is 12.6. The second-order valence-electron chi connectivity index (χ2n) is 6.73. The first-order valence-electron chi connectivity index (χ1n) is 8.32. The third-order valence-electron chi connectivity index (χ3n) is 5.21. The Morgan fingerprint density at radius 2 is 1.84 bits per heavy atom. The molecule has 8 heteroatoms. The molecule has 0 aromatic heterocycles. The summed E-state index contributed by atoms with van der Waals surface area (Å²) in [5.74, 6) is -0.273. The molecule has 1 aromatic rings. The van der Waals surface area contributed by atoms with Gasteiger partial charge in [-0.05, 0) is 37.5 Å². The van der Waals surface area contributed by atoms with Crippen molar-refractivity contribution in [2.45, 2.75) is 37.4 Å². The molecule has 0 spiro atoms. The first-order chi connectivity index (χ1) is 12.0. The standard InChI is InChI=1S/C17H17Cl2N3O3/c18-11-4-3-9(6-12(11)19)15(23)20-10-7-14-17(25)21-5-1-2-13(21)16(24)22(14)8-10/h3-4,6,10,13-14H,1-2,5,7-8H2,(H,20,23)/t10-,13+,14-/m0/s1. The minimum atomic E-state index is -0.457. The van der Waals surface area contributed by atoms with Crippen LogP contribution in [-0.4, -0.2) is 58.7 Å². The van der Waals surface area contributed by atoms with Gasteiger partial charge < -0.3 is 15.1 Å². The highest BCUT2D eigenvalue weighted by molar-refractivity contribution is 6.42. The number of carbonyl (C=O) groups excluding carboxylic acids is 3. The molecule has 0 unspecified atom stereocenters. The van der Waals surface area contributed by atoms with Crippen molar-refractivity contribution in [1.82, 2.24) is 15.1 Å². The van der Waals surface area contributed by atoms with Crippen LogP contribution in [0.4, 0.5) is 0 Å². The average Bonchev–Trinajstić information content (AvgIpc) is 3.22. The van der Waals surface area contributed by atoms with E-state index < -0.39 is 6.04 Å². The van der Waals surface area contributed by atoms with E-state index in [-0.39, 0.29) is 29.8 Å². The highest BCUT2D eigenvalue weighted by Gasteiger charge is 2.51. The zero-order chi connectivity index (χ0) is 17.7. The summed E-state index contributed by atoms with van der Waals surface area (Å²) in [7, 11) is 0. The molecule has 132 valence electrons. The molecule has 6 nitrogen and oxygen atoms in total. The van der Waals surface area contributed by atoms with E-state index in [4.69, 9.17) is 23.2 Å². The van der Waals surface area contributed by atoms with E-state index in [0.717, 1.165) is 12.8 Å². The van der Waals surface area contributed by atoms with Gasteiger partial charge in [0.25, 0.3) is 5.91 Å². The number of benzene rings is 1. The molecule has 3 heterocycles. The number of amides is 3. The lowest BCUT2D eigenvalue weighted by Gasteiger charge is -2.38. The molecule has 0 bridgehead atoms. The highest BCUT2D eigenvalue weighted by atomic mass is 35.5. The van der Waals surface area contributed by atoms with Crippen molar-refractivity contribution in [2.75, 3.05) is 13.1 Å². The summed E-state index contributed by atoms with van der Waals surface area (Å²) in [6.45, 7) is 1.02. The summed E-state index contributed by atoms with van der Waals surface area (Å²) >= 11 is 11.8. The second-order valence-corrected chi connectivity index (χ2v) is 7.55. The van der Waals surface area contributed by atoms with E-state index in [2.05, 4.69) is 5.32 Å². The van der Waals surface area contributed by atoms with Crippen LogP contribution in [0.1, 0.15) is 29.6 Å². The number of nitrogens with one attached hydrogen (secondary N) is 1. The molecule has 3 aliphatic heterocycles. The lowest BCUT2D eigenvalue weighted by Crippen LogP contribution is -2.60. The first-order valence-corrected chi connectivity index (χ1v) is 9.08. The SMILES string of the molecule is O=C(N[C@H]1C[C@H]2C(=O)N3CCC[C@@H]3C(=O)N2C1)c1ccc(Cl)c(Cl)c1. The summed E-state index contributed by atoms with van der Waals surface area (Å²) in [5.41, 5.74) is 0.401. The fourth-order valence-electron chi connectivity index (χ4n) is 3.99. The number of rotatable bonds is 2. The number of halogens is 2. The fraction of sp³-hybridized carbons (Fsp3) is 0.471. The van der Waals surface area contributed by atoms with Gasteiger partial charge in [0.2, 0.25) is 11.8 Å². The van der Waals surface area contributed by atoms with Gasteiger partial charge in [-0.3, -0.25) is 14.4 Å². The Bertz CT molecular complexity index is 740. The Morgan fingerprint density at radius 1 is 1.08 bits per heavy atom. The molecule has 25 heavy (non-hydrogen) atoms. The van der Waals surface area contributed by atoms with Crippen LogP contribution in [-0.2, 0) is 9.59 Å². The van der Waals surface area contributed by atoms with Crippen LogP contribution in [0.15, 0.2) is 18.2 Å². The van der Waals surface area contributed by atoms with E-state index in [1.807, 2.05) is 0 Å². The lowest BCUT2D eigenvalue weighted by molar-refractivity contribution is -0.156. The van der Waals surface area contributed by atoms with Crippen LogP contribution in [0.3, 0.4) is 0 Å². The van der Waals surface area contributed by atoms with Crippen molar-refractivity contribution < 1.29 is 14.4 Å². The molecule has 1 aromatic carbocycles. The number of nitrogens with zero attached hydrogens (tertiary/aromatic N) is 2. The Balaban J connectivity index is 1.47. The third kappa shape index (κ3) is 2.77. The molecule has 1 N–H and O–H groups in total. The second kappa shape index (κ2) is 6.18. The molecular formula is C17H17Cl2N3O3. The van der Waals surface area contributed by atoms with Crippen molar-refractivity contribution >= 4 is 40.9 Å². The maximum Gasteiger partial charge on any atom is 0.251 e. The van der Waals surface area contributed by atoms with Crippen LogP contribution >= 0.6 is 23.2 Å². The van der Waals surface area contributed by atoms with Crippen molar-refractivity contribution in [1.29, 1.82) is 0 Å². The molecular weight excluding hydrogens is 365 g/mol. The molecule has 0 aliphatic carbocycles. The smallest absolute Gasteiger partial charge is 0.251 e. The predicted molar refractivity (Wildman–Crippen MR) is 92.6 cm³/mol. The third-order valence-corrected chi connectivity index (χ3v) is 5.95. The van der Waals surface area contributed by atoms with Crippen molar-refractivity contribution in [3.8, 4) is 0 Å². The lowest BCUT2D eigenvalue weighted by atomic mass is 10.1. The number of hydrogen-bond donors (Lipinski definition) is 1. The van der Waals surface area contributed by atoms with Crippen LogP contribution in [0.5, 0.6) is 0 Å². The predicted octanol–water partition coefficient (Wildman–Crippen LogP) is 1.70. The number of piperazine rings is 1. The van der Waals surface area contributed by atoms with E-state index in [9.17, 15) is 14.4 Å². The summed E-state index contributed by atoms with van der Waals surface area (Å²) in [6.07, 6.45) is 2.05. The van der Waals surface area contributed by atoms with E-state index >= 15 is 0 Å². The summed E-state index contributed by atoms with van der Waals surface area (Å²) in [4.78, 5) is 41.0. The van der Waals surface area contributed by atoms with E-state index in [1.54, 1.807) is 21.9 Å². The topological polar surface area (TPSA) is 69.7 Å².